The number of nitriles is 1. The minimum atomic E-state index is 0.373. The lowest BCUT2D eigenvalue weighted by molar-refractivity contribution is 0.307. The van der Waals surface area contributed by atoms with Gasteiger partial charge in [-0.15, -0.1) is 0 Å². The highest BCUT2D eigenvalue weighted by molar-refractivity contribution is 5.93. The van der Waals surface area contributed by atoms with Gasteiger partial charge in [-0.1, -0.05) is 72.8 Å². The van der Waals surface area contributed by atoms with E-state index < -0.39 is 0 Å². The van der Waals surface area contributed by atoms with Gasteiger partial charge in [0.15, 0.2) is 0 Å². The van der Waals surface area contributed by atoms with Crippen LogP contribution in [0, 0.1) is 18.3 Å². The maximum Gasteiger partial charge on any atom is 0.149 e. The highest BCUT2D eigenvalue weighted by Crippen LogP contribution is 2.32. The van der Waals surface area contributed by atoms with Crippen molar-refractivity contribution in [2.24, 2.45) is 0 Å². The van der Waals surface area contributed by atoms with E-state index >= 15 is 0 Å². The largest absolute Gasteiger partial charge is 0.486 e. The second-order valence-corrected chi connectivity index (χ2v) is 6.66. The van der Waals surface area contributed by atoms with Crippen LogP contribution in [0.4, 0.5) is 0 Å². The summed E-state index contributed by atoms with van der Waals surface area (Å²) in [5, 5.41) is 11.1. The second kappa shape index (κ2) is 7.94. The Bertz CT molecular complexity index is 1150. The molecule has 4 rings (SSSR count). The number of hydrogen-bond donors (Lipinski definition) is 0. The van der Waals surface area contributed by atoms with Crippen LogP contribution in [0.25, 0.3) is 10.8 Å². The van der Waals surface area contributed by atoms with E-state index in [0.717, 1.165) is 28.3 Å². The summed E-state index contributed by atoms with van der Waals surface area (Å²) in [6, 6.07) is 28.5. The maximum atomic E-state index is 9.48. The van der Waals surface area contributed by atoms with Crippen molar-refractivity contribution in [3.05, 3.63) is 114 Å². The maximum absolute atomic E-state index is 9.48. The molecule has 3 aromatic carbocycles. The summed E-state index contributed by atoms with van der Waals surface area (Å²) >= 11 is 0. The first-order valence-electron chi connectivity index (χ1n) is 9.14. The van der Waals surface area contributed by atoms with Crippen molar-refractivity contribution in [1.82, 2.24) is 4.98 Å². The van der Waals surface area contributed by atoms with E-state index in [-0.39, 0.29) is 0 Å². The Kier molecular flexibility index (Phi) is 5.03. The van der Waals surface area contributed by atoms with Crippen molar-refractivity contribution in [2.45, 2.75) is 13.0 Å². The molecule has 0 unspecified atom stereocenters. The molecule has 0 aliphatic carbocycles. The molecule has 0 bridgehead atoms. The number of hydrogen-bond acceptors (Lipinski definition) is 3. The van der Waals surface area contributed by atoms with Crippen LogP contribution in [-0.4, -0.2) is 4.98 Å². The van der Waals surface area contributed by atoms with Gasteiger partial charge in [0.2, 0.25) is 0 Å². The van der Waals surface area contributed by atoms with Crippen molar-refractivity contribution in [2.75, 3.05) is 0 Å². The molecule has 1 heterocycles. The van der Waals surface area contributed by atoms with E-state index in [1.807, 2.05) is 60.7 Å². The van der Waals surface area contributed by atoms with Crippen LogP contribution < -0.4 is 4.74 Å². The summed E-state index contributed by atoms with van der Waals surface area (Å²) in [4.78, 5) is 4.35. The van der Waals surface area contributed by atoms with Gasteiger partial charge in [-0.25, -0.2) is 4.98 Å². The number of pyridine rings is 1. The van der Waals surface area contributed by atoms with Gasteiger partial charge in [-0.3, -0.25) is 0 Å². The van der Waals surface area contributed by atoms with E-state index in [1.165, 1.54) is 5.56 Å². The molecule has 0 amide bonds. The molecule has 4 aromatic rings. The first-order valence-corrected chi connectivity index (χ1v) is 9.14. The Morgan fingerprint density at radius 2 is 1.50 bits per heavy atom. The molecule has 1 aromatic heterocycles. The quantitative estimate of drug-likeness (QED) is 0.473. The molecule has 3 nitrogen and oxygen atoms in total. The van der Waals surface area contributed by atoms with Crippen LogP contribution in [0.15, 0.2) is 78.9 Å². The summed E-state index contributed by atoms with van der Waals surface area (Å²) in [5.41, 5.74) is 4.31. The number of fused-ring (bicyclic) bond motifs is 1. The van der Waals surface area contributed by atoms with Crippen LogP contribution in [0.5, 0.6) is 5.75 Å². The molecule has 1 radical (unpaired) electrons. The first kappa shape index (κ1) is 17.8. The predicted molar refractivity (Wildman–Crippen MR) is 111 cm³/mol. The molecular formula is C25H19N2O. The van der Waals surface area contributed by atoms with Gasteiger partial charge in [0.1, 0.15) is 24.1 Å². The van der Waals surface area contributed by atoms with Crippen molar-refractivity contribution < 1.29 is 4.74 Å². The van der Waals surface area contributed by atoms with Gasteiger partial charge in [0.05, 0.1) is 5.69 Å². The standard InChI is InChI=1S/C25H19N2O/c1-18-25(28-17-20-10-6-3-7-11-20)23-15-21(14-19-8-4-2-5-9-19)12-13-22(23)24(16-26)27-18/h2-13,15H,1,14,17H2. The Hall–Kier alpha value is -3.64. The van der Waals surface area contributed by atoms with E-state index in [0.29, 0.717) is 23.7 Å². The zero-order valence-corrected chi connectivity index (χ0v) is 15.4. The predicted octanol–water partition coefficient (Wildman–Crippen LogP) is 5.46. The van der Waals surface area contributed by atoms with Gasteiger partial charge >= 0.3 is 0 Å². The molecule has 0 aliphatic heterocycles. The fraction of sp³-hybridized carbons (Fsp3) is 0.0800. The molecule has 28 heavy (non-hydrogen) atoms. The third kappa shape index (κ3) is 3.72. The minimum absolute atomic E-state index is 0.373. The summed E-state index contributed by atoms with van der Waals surface area (Å²) < 4.78 is 6.11. The second-order valence-electron chi connectivity index (χ2n) is 6.66. The number of aromatic nitrogens is 1. The molecular weight excluding hydrogens is 344 g/mol. The molecule has 135 valence electrons. The summed E-state index contributed by atoms with van der Waals surface area (Å²) in [6.45, 7) is 4.44. The van der Waals surface area contributed by atoms with E-state index in [1.54, 1.807) is 0 Å². The Morgan fingerprint density at radius 3 is 2.18 bits per heavy atom. The molecule has 3 heteroatoms. The summed E-state index contributed by atoms with van der Waals surface area (Å²) in [5.74, 6) is 0.632. The first-order chi connectivity index (χ1) is 13.7. The molecule has 0 spiro atoms. The minimum Gasteiger partial charge on any atom is -0.486 e. The van der Waals surface area contributed by atoms with Crippen molar-refractivity contribution in [3.63, 3.8) is 0 Å². The van der Waals surface area contributed by atoms with Crippen LogP contribution in [-0.2, 0) is 13.0 Å². The number of benzene rings is 3. The summed E-state index contributed by atoms with van der Waals surface area (Å²) in [6.07, 6.45) is 0.811. The van der Waals surface area contributed by atoms with Crippen LogP contribution in [0.1, 0.15) is 28.1 Å². The Morgan fingerprint density at radius 1 is 0.821 bits per heavy atom. The average molecular weight is 363 g/mol. The smallest absolute Gasteiger partial charge is 0.149 e. The number of ether oxygens (including phenoxy) is 1. The molecule has 0 atom stereocenters. The fourth-order valence-corrected chi connectivity index (χ4v) is 3.30. The third-order valence-electron chi connectivity index (χ3n) is 4.68. The van der Waals surface area contributed by atoms with Gasteiger partial charge < -0.3 is 4.74 Å². The SMILES string of the molecule is [CH2]c1nc(C#N)c2ccc(Cc3ccccc3)cc2c1OCc1ccccc1. The van der Waals surface area contributed by atoms with Gasteiger partial charge in [-0.2, -0.15) is 5.26 Å². The number of nitrogens with zero attached hydrogens (tertiary/aromatic N) is 2. The zero-order chi connectivity index (χ0) is 19.3. The van der Waals surface area contributed by atoms with Crippen molar-refractivity contribution in [1.29, 1.82) is 5.26 Å². The van der Waals surface area contributed by atoms with E-state index in [9.17, 15) is 5.26 Å². The average Bonchev–Trinajstić information content (AvgIpc) is 2.74. The van der Waals surface area contributed by atoms with Crippen LogP contribution in [0.3, 0.4) is 0 Å². The molecule has 0 N–H and O–H groups in total. The van der Waals surface area contributed by atoms with Crippen LogP contribution in [0.2, 0.25) is 0 Å². The third-order valence-corrected chi connectivity index (χ3v) is 4.68. The monoisotopic (exact) mass is 363 g/mol. The number of rotatable bonds is 5. The normalized spacial score (nSPS) is 10.6. The molecule has 0 aliphatic rings. The van der Waals surface area contributed by atoms with Gasteiger partial charge in [-0.05, 0) is 36.1 Å². The van der Waals surface area contributed by atoms with Crippen molar-refractivity contribution >= 4 is 10.8 Å². The van der Waals surface area contributed by atoms with Crippen molar-refractivity contribution in [3.8, 4) is 11.8 Å². The zero-order valence-electron chi connectivity index (χ0n) is 15.4. The topological polar surface area (TPSA) is 45.9 Å². The van der Waals surface area contributed by atoms with Gasteiger partial charge in [0, 0.05) is 10.8 Å². The molecule has 0 saturated carbocycles. The lowest BCUT2D eigenvalue weighted by Crippen LogP contribution is -2.01. The Labute approximate surface area is 164 Å². The molecule has 0 fully saturated rings. The van der Waals surface area contributed by atoms with Crippen LogP contribution >= 0.6 is 0 Å². The fourth-order valence-electron chi connectivity index (χ4n) is 3.30. The lowest BCUT2D eigenvalue weighted by Gasteiger charge is -2.14. The van der Waals surface area contributed by atoms with Gasteiger partial charge in [0.25, 0.3) is 0 Å². The van der Waals surface area contributed by atoms with E-state index in [2.05, 4.69) is 36.2 Å². The molecule has 0 saturated heterocycles. The summed E-state index contributed by atoms with van der Waals surface area (Å²) in [7, 11) is 0. The highest BCUT2D eigenvalue weighted by atomic mass is 16.5. The lowest BCUT2D eigenvalue weighted by atomic mass is 10.00. The van der Waals surface area contributed by atoms with E-state index in [4.69, 9.17) is 4.74 Å². The highest BCUT2D eigenvalue weighted by Gasteiger charge is 2.14. The Balaban J connectivity index is 1.75.